The number of aromatic hydroxyl groups is 1. The molecule has 0 heterocycles. The van der Waals surface area contributed by atoms with Gasteiger partial charge in [-0.1, -0.05) is 30.3 Å². The van der Waals surface area contributed by atoms with Crippen LogP contribution >= 0.6 is 0 Å². The van der Waals surface area contributed by atoms with Gasteiger partial charge in [0.05, 0.1) is 16.8 Å². The summed E-state index contributed by atoms with van der Waals surface area (Å²) in [5.41, 5.74) is 7.49. The average molecular weight is 374 g/mol. The zero-order valence-electron chi connectivity index (χ0n) is 15.2. The Bertz CT molecular complexity index is 1120. The Balaban J connectivity index is 1.81. The molecule has 0 fully saturated rings. The van der Waals surface area contributed by atoms with Crippen molar-refractivity contribution in [3.8, 4) is 17.2 Å². The summed E-state index contributed by atoms with van der Waals surface area (Å²) >= 11 is 0. The first-order chi connectivity index (χ1) is 13.5. The number of nitrogen functional groups attached to an aromatic ring is 1. The van der Waals surface area contributed by atoms with Crippen LogP contribution in [0.2, 0.25) is 0 Å². The van der Waals surface area contributed by atoms with E-state index in [2.05, 4.69) is 5.32 Å². The highest BCUT2D eigenvalue weighted by atomic mass is 16.5. The Labute approximate surface area is 161 Å². The second-order valence-electron chi connectivity index (χ2n) is 6.42. The van der Waals surface area contributed by atoms with Gasteiger partial charge < -0.3 is 20.9 Å². The highest BCUT2D eigenvalue weighted by Crippen LogP contribution is 2.42. The third-order valence-electron chi connectivity index (χ3n) is 4.62. The van der Waals surface area contributed by atoms with Crippen LogP contribution in [0.1, 0.15) is 38.8 Å². The maximum absolute atomic E-state index is 13.0. The van der Waals surface area contributed by atoms with Gasteiger partial charge in [0.1, 0.15) is 11.5 Å². The van der Waals surface area contributed by atoms with Crippen LogP contribution in [0.15, 0.2) is 54.6 Å². The Morgan fingerprint density at radius 1 is 0.964 bits per heavy atom. The summed E-state index contributed by atoms with van der Waals surface area (Å²) in [5, 5.41) is 13.6. The second kappa shape index (κ2) is 6.74. The summed E-state index contributed by atoms with van der Waals surface area (Å²) in [7, 11) is 0. The number of hydrogen-bond acceptors (Lipinski definition) is 6. The summed E-state index contributed by atoms with van der Waals surface area (Å²) in [6, 6.07) is 15.0. The van der Waals surface area contributed by atoms with Gasteiger partial charge in [0.2, 0.25) is 0 Å². The first-order valence-electron chi connectivity index (χ1n) is 8.87. The number of benzene rings is 3. The monoisotopic (exact) mass is 374 g/mol. The molecule has 0 aliphatic heterocycles. The number of phenolic OH excluding ortho intramolecular Hbond substituents is 1. The van der Waals surface area contributed by atoms with E-state index >= 15 is 0 Å². The molecule has 3 aromatic carbocycles. The van der Waals surface area contributed by atoms with Gasteiger partial charge in [-0.2, -0.15) is 0 Å². The number of carbonyl (C=O) groups is 2. The molecular formula is C22H18N2O4. The normalized spacial score (nSPS) is 12.3. The van der Waals surface area contributed by atoms with Crippen molar-refractivity contribution < 1.29 is 19.4 Å². The highest BCUT2D eigenvalue weighted by molar-refractivity contribution is 6.31. The van der Waals surface area contributed by atoms with Gasteiger partial charge >= 0.3 is 0 Å². The topological polar surface area (TPSA) is 102 Å². The zero-order valence-corrected chi connectivity index (χ0v) is 15.2. The third kappa shape index (κ3) is 2.75. The number of ether oxygens (including phenoxy) is 1. The molecule has 0 radical (unpaired) electrons. The fraction of sp³-hybridized carbons (Fsp3) is 0.0909. The summed E-state index contributed by atoms with van der Waals surface area (Å²) in [6.45, 7) is 2.73. The number of nitrogens with two attached hydrogens (primary N) is 1. The molecule has 3 aromatic rings. The van der Waals surface area contributed by atoms with E-state index in [1.807, 2.05) is 19.1 Å². The maximum atomic E-state index is 13.0. The summed E-state index contributed by atoms with van der Waals surface area (Å²) in [4.78, 5) is 25.8. The smallest absolute Gasteiger partial charge is 0.198 e. The van der Waals surface area contributed by atoms with Gasteiger partial charge in [-0.25, -0.2) is 0 Å². The molecular weight excluding hydrogens is 356 g/mol. The molecule has 1 aliphatic carbocycles. The van der Waals surface area contributed by atoms with E-state index < -0.39 is 11.6 Å². The van der Waals surface area contributed by atoms with Crippen molar-refractivity contribution in [2.24, 2.45) is 0 Å². The van der Waals surface area contributed by atoms with Crippen molar-refractivity contribution >= 4 is 22.9 Å². The fourth-order valence-corrected chi connectivity index (χ4v) is 3.36. The van der Waals surface area contributed by atoms with E-state index in [0.29, 0.717) is 5.75 Å². The van der Waals surface area contributed by atoms with Gasteiger partial charge in [0, 0.05) is 35.5 Å². The van der Waals surface area contributed by atoms with Crippen LogP contribution in [-0.4, -0.2) is 23.2 Å². The number of anilines is 2. The van der Waals surface area contributed by atoms with Crippen LogP contribution in [0.25, 0.3) is 0 Å². The number of nitrogens with one attached hydrogen (secondary N) is 1. The Kier molecular flexibility index (Phi) is 4.24. The molecule has 28 heavy (non-hydrogen) atoms. The number of carbonyl (C=O) groups excluding carboxylic acids is 2. The molecule has 0 saturated heterocycles. The van der Waals surface area contributed by atoms with E-state index in [1.165, 1.54) is 6.07 Å². The van der Waals surface area contributed by atoms with Crippen molar-refractivity contribution in [2.45, 2.75) is 6.92 Å². The Hall–Kier alpha value is -3.80. The average Bonchev–Trinajstić information content (AvgIpc) is 2.69. The van der Waals surface area contributed by atoms with E-state index in [0.717, 1.165) is 12.2 Å². The van der Waals surface area contributed by atoms with Crippen molar-refractivity contribution in [3.63, 3.8) is 0 Å². The van der Waals surface area contributed by atoms with E-state index in [1.54, 1.807) is 36.4 Å². The first-order valence-corrected chi connectivity index (χ1v) is 8.87. The summed E-state index contributed by atoms with van der Waals surface area (Å²) < 4.78 is 5.83. The number of rotatable bonds is 4. The van der Waals surface area contributed by atoms with Gasteiger partial charge in [-0.15, -0.1) is 0 Å². The number of ketones is 2. The summed E-state index contributed by atoms with van der Waals surface area (Å²) in [6.07, 6.45) is 0. The van der Waals surface area contributed by atoms with Crippen LogP contribution in [0.4, 0.5) is 11.4 Å². The Morgan fingerprint density at radius 3 is 2.32 bits per heavy atom. The van der Waals surface area contributed by atoms with E-state index in [-0.39, 0.29) is 39.4 Å². The van der Waals surface area contributed by atoms with Crippen molar-refractivity contribution in [2.75, 3.05) is 17.6 Å². The lowest BCUT2D eigenvalue weighted by Gasteiger charge is -2.21. The molecule has 0 amide bonds. The molecule has 4 rings (SSSR count). The van der Waals surface area contributed by atoms with Crippen LogP contribution in [0.5, 0.6) is 17.2 Å². The maximum Gasteiger partial charge on any atom is 0.198 e. The molecule has 0 bridgehead atoms. The van der Waals surface area contributed by atoms with E-state index in [4.69, 9.17) is 10.5 Å². The lowest BCUT2D eigenvalue weighted by molar-refractivity contribution is 0.0977. The quantitative estimate of drug-likeness (QED) is 0.369. The van der Waals surface area contributed by atoms with Gasteiger partial charge in [-0.05, 0) is 19.1 Å². The van der Waals surface area contributed by atoms with Crippen LogP contribution in [-0.2, 0) is 0 Å². The first kappa shape index (κ1) is 17.6. The molecule has 0 spiro atoms. The molecule has 1 aliphatic rings. The predicted molar refractivity (Wildman–Crippen MR) is 107 cm³/mol. The second-order valence-corrected chi connectivity index (χ2v) is 6.42. The fourth-order valence-electron chi connectivity index (χ4n) is 3.36. The van der Waals surface area contributed by atoms with Gasteiger partial charge in [0.25, 0.3) is 0 Å². The zero-order chi connectivity index (χ0) is 19.8. The van der Waals surface area contributed by atoms with Crippen molar-refractivity contribution in [1.82, 2.24) is 0 Å². The highest BCUT2D eigenvalue weighted by Gasteiger charge is 2.35. The van der Waals surface area contributed by atoms with Crippen LogP contribution in [0.3, 0.4) is 0 Å². The number of fused-ring (bicyclic) bond motifs is 2. The standard InChI is InChI=1S/C22H18N2O4/c1-2-24-12-6-5-7-13(10-12)28-17-11-16(25)18-19(20(17)23)22(27)15-9-4-3-8-14(15)21(18)26/h3-11,24-25H,2,23H2,1H3. The SMILES string of the molecule is CCNc1cccc(Oc2cc(O)c3c(c2N)C(=O)c2ccccc2C3=O)c1. The molecule has 0 unspecified atom stereocenters. The van der Waals surface area contributed by atoms with E-state index in [9.17, 15) is 14.7 Å². The number of hydrogen-bond donors (Lipinski definition) is 3. The third-order valence-corrected chi connectivity index (χ3v) is 4.62. The minimum absolute atomic E-state index is 0.0227. The van der Waals surface area contributed by atoms with Crippen LogP contribution in [0, 0.1) is 0 Å². The predicted octanol–water partition coefficient (Wildman–Crippen LogP) is 3.97. The van der Waals surface area contributed by atoms with Gasteiger partial charge in [0.15, 0.2) is 17.3 Å². The van der Waals surface area contributed by atoms with Crippen LogP contribution < -0.4 is 15.8 Å². The molecule has 6 heteroatoms. The van der Waals surface area contributed by atoms with Crippen molar-refractivity contribution in [3.05, 3.63) is 76.9 Å². The molecule has 140 valence electrons. The summed E-state index contributed by atoms with van der Waals surface area (Å²) in [5.74, 6) is -0.584. The van der Waals surface area contributed by atoms with Gasteiger partial charge in [-0.3, -0.25) is 9.59 Å². The molecule has 0 atom stereocenters. The minimum Gasteiger partial charge on any atom is -0.507 e. The lowest BCUT2D eigenvalue weighted by Crippen LogP contribution is -2.22. The molecule has 0 aromatic heterocycles. The number of phenols is 1. The molecule has 6 nitrogen and oxygen atoms in total. The lowest BCUT2D eigenvalue weighted by atomic mass is 9.82. The Morgan fingerprint density at radius 2 is 1.64 bits per heavy atom. The van der Waals surface area contributed by atoms with Crippen molar-refractivity contribution in [1.29, 1.82) is 0 Å². The molecule has 0 saturated carbocycles. The molecule has 4 N–H and O–H groups in total. The minimum atomic E-state index is -0.435. The largest absolute Gasteiger partial charge is 0.507 e.